The monoisotopic (exact) mass is 260 g/mol. The second kappa shape index (κ2) is 5.59. The summed E-state index contributed by atoms with van der Waals surface area (Å²) in [7, 11) is 0. The Bertz CT molecular complexity index is 423. The number of rotatable bonds is 4. The molecule has 3 rings (SSSR count). The molecular weight excluding hydrogens is 236 g/mol. The number of aliphatic hydroxyl groups excluding tert-OH is 1. The molecule has 2 fully saturated rings. The van der Waals surface area contributed by atoms with Crippen molar-refractivity contribution >= 4 is 0 Å². The third-order valence-electron chi connectivity index (χ3n) is 4.57. The van der Waals surface area contributed by atoms with Crippen molar-refractivity contribution in [3.63, 3.8) is 0 Å². The minimum Gasteiger partial charge on any atom is -0.390 e. The van der Waals surface area contributed by atoms with Crippen molar-refractivity contribution in [2.24, 2.45) is 11.8 Å². The topological polar surface area (TPSA) is 36.4 Å². The molecule has 0 radical (unpaired) electrons. The molecule has 2 aliphatic rings. The predicted octanol–water partition coefficient (Wildman–Crippen LogP) is 2.76. The first kappa shape index (κ1) is 13.1. The van der Waals surface area contributed by atoms with E-state index in [4.69, 9.17) is 0 Å². The van der Waals surface area contributed by atoms with Crippen molar-refractivity contribution < 1.29 is 5.11 Å². The molecule has 3 nitrogen and oxygen atoms in total. The van der Waals surface area contributed by atoms with Crippen LogP contribution in [-0.4, -0.2) is 28.1 Å². The number of aromatic nitrogens is 1. The van der Waals surface area contributed by atoms with Crippen molar-refractivity contribution in [1.82, 2.24) is 9.88 Å². The van der Waals surface area contributed by atoms with Crippen molar-refractivity contribution in [1.29, 1.82) is 0 Å². The third-order valence-corrected chi connectivity index (χ3v) is 4.57. The Hall–Kier alpha value is -0.930. The Balaban J connectivity index is 1.80. The zero-order valence-electron chi connectivity index (χ0n) is 11.8. The van der Waals surface area contributed by atoms with Crippen LogP contribution in [0.25, 0.3) is 0 Å². The number of likely N-dealkylation sites (tertiary alicyclic amines) is 1. The lowest BCUT2D eigenvalue weighted by atomic mass is 9.95. The summed E-state index contributed by atoms with van der Waals surface area (Å²) in [6, 6.07) is 6.57. The first-order valence-corrected chi connectivity index (χ1v) is 7.58. The molecule has 19 heavy (non-hydrogen) atoms. The van der Waals surface area contributed by atoms with Crippen LogP contribution in [0.3, 0.4) is 0 Å². The number of pyridine rings is 1. The van der Waals surface area contributed by atoms with E-state index in [1.54, 1.807) is 0 Å². The van der Waals surface area contributed by atoms with E-state index >= 15 is 0 Å². The molecule has 1 atom stereocenters. The van der Waals surface area contributed by atoms with E-state index in [0.29, 0.717) is 6.04 Å². The molecule has 1 saturated carbocycles. The second-order valence-electron chi connectivity index (χ2n) is 6.21. The zero-order chi connectivity index (χ0) is 13.2. The SMILES string of the molecule is CC1CCN(C(c2cccc(CO)n2)C2CC2)CC1. The van der Waals surface area contributed by atoms with Crippen LogP contribution in [0.5, 0.6) is 0 Å². The quantitative estimate of drug-likeness (QED) is 0.904. The first-order chi connectivity index (χ1) is 9.28. The lowest BCUT2D eigenvalue weighted by Gasteiger charge is -2.36. The van der Waals surface area contributed by atoms with Crippen LogP contribution in [0, 0.1) is 11.8 Å². The maximum atomic E-state index is 9.27. The fourth-order valence-electron chi connectivity index (χ4n) is 3.20. The van der Waals surface area contributed by atoms with E-state index < -0.39 is 0 Å². The molecule has 1 aliphatic carbocycles. The molecule has 1 unspecified atom stereocenters. The molecule has 0 bridgehead atoms. The lowest BCUT2D eigenvalue weighted by molar-refractivity contribution is 0.120. The molecule has 0 spiro atoms. The summed E-state index contributed by atoms with van der Waals surface area (Å²) in [5.74, 6) is 1.66. The van der Waals surface area contributed by atoms with Crippen LogP contribution in [0.15, 0.2) is 18.2 Å². The molecule has 1 aliphatic heterocycles. The second-order valence-corrected chi connectivity index (χ2v) is 6.21. The number of aliphatic hydroxyl groups is 1. The molecule has 0 aromatic carbocycles. The minimum absolute atomic E-state index is 0.0439. The molecule has 2 heterocycles. The molecule has 1 aromatic heterocycles. The Labute approximate surface area is 115 Å². The van der Waals surface area contributed by atoms with E-state index in [0.717, 1.165) is 17.5 Å². The number of nitrogens with zero attached hydrogens (tertiary/aromatic N) is 2. The average Bonchev–Trinajstić information content (AvgIpc) is 3.26. The van der Waals surface area contributed by atoms with Crippen molar-refractivity contribution in [2.75, 3.05) is 13.1 Å². The highest BCUT2D eigenvalue weighted by Gasteiger charge is 2.38. The van der Waals surface area contributed by atoms with Gasteiger partial charge in [0.2, 0.25) is 0 Å². The number of hydrogen-bond donors (Lipinski definition) is 1. The van der Waals surface area contributed by atoms with E-state index in [-0.39, 0.29) is 6.61 Å². The number of piperidine rings is 1. The van der Waals surface area contributed by atoms with Crippen molar-refractivity contribution in [3.8, 4) is 0 Å². The van der Waals surface area contributed by atoms with E-state index in [9.17, 15) is 5.11 Å². The molecule has 1 N–H and O–H groups in total. The van der Waals surface area contributed by atoms with Gasteiger partial charge in [-0.15, -0.1) is 0 Å². The van der Waals surface area contributed by atoms with Gasteiger partial charge in [-0.05, 0) is 62.7 Å². The van der Waals surface area contributed by atoms with Gasteiger partial charge in [-0.25, -0.2) is 0 Å². The zero-order valence-corrected chi connectivity index (χ0v) is 11.8. The fourth-order valence-corrected chi connectivity index (χ4v) is 3.20. The van der Waals surface area contributed by atoms with Crippen LogP contribution in [-0.2, 0) is 6.61 Å². The van der Waals surface area contributed by atoms with E-state index in [1.807, 2.05) is 12.1 Å². The van der Waals surface area contributed by atoms with Crippen LogP contribution < -0.4 is 0 Å². The van der Waals surface area contributed by atoms with Gasteiger partial charge in [0.25, 0.3) is 0 Å². The summed E-state index contributed by atoms with van der Waals surface area (Å²) in [6.45, 7) is 4.80. The summed E-state index contributed by atoms with van der Waals surface area (Å²) in [5.41, 5.74) is 1.97. The highest BCUT2D eigenvalue weighted by Crippen LogP contribution is 2.45. The largest absolute Gasteiger partial charge is 0.390 e. The Morgan fingerprint density at radius 3 is 2.63 bits per heavy atom. The highest BCUT2D eigenvalue weighted by molar-refractivity contribution is 5.17. The van der Waals surface area contributed by atoms with Crippen LogP contribution in [0.2, 0.25) is 0 Å². The van der Waals surface area contributed by atoms with Gasteiger partial charge in [-0.2, -0.15) is 0 Å². The predicted molar refractivity (Wildman–Crippen MR) is 75.6 cm³/mol. The maximum Gasteiger partial charge on any atom is 0.0853 e. The first-order valence-electron chi connectivity index (χ1n) is 7.58. The van der Waals surface area contributed by atoms with Gasteiger partial charge in [0.15, 0.2) is 0 Å². The smallest absolute Gasteiger partial charge is 0.0853 e. The number of hydrogen-bond acceptors (Lipinski definition) is 3. The molecule has 3 heteroatoms. The summed E-state index contributed by atoms with van der Waals surface area (Å²) < 4.78 is 0. The Morgan fingerprint density at radius 2 is 2.00 bits per heavy atom. The van der Waals surface area contributed by atoms with Gasteiger partial charge in [-0.3, -0.25) is 9.88 Å². The van der Waals surface area contributed by atoms with E-state index in [1.165, 1.54) is 44.5 Å². The van der Waals surface area contributed by atoms with Crippen LogP contribution in [0.1, 0.15) is 50.0 Å². The fraction of sp³-hybridized carbons (Fsp3) is 0.688. The standard InChI is InChI=1S/C16H24N2O/c1-12-7-9-18(10-8-12)16(13-5-6-13)15-4-2-3-14(11-19)17-15/h2-4,12-13,16,19H,5-11H2,1H3. The maximum absolute atomic E-state index is 9.27. The average molecular weight is 260 g/mol. The van der Waals surface area contributed by atoms with Crippen molar-refractivity contribution in [3.05, 3.63) is 29.6 Å². The van der Waals surface area contributed by atoms with Gasteiger partial charge in [0.1, 0.15) is 0 Å². The van der Waals surface area contributed by atoms with Crippen LogP contribution >= 0.6 is 0 Å². The highest BCUT2D eigenvalue weighted by atomic mass is 16.3. The van der Waals surface area contributed by atoms with Gasteiger partial charge in [0, 0.05) is 0 Å². The molecular formula is C16H24N2O. The third kappa shape index (κ3) is 2.98. The lowest BCUT2D eigenvalue weighted by Crippen LogP contribution is -2.37. The summed E-state index contributed by atoms with van der Waals surface area (Å²) in [6.07, 6.45) is 5.29. The normalized spacial score (nSPS) is 23.5. The minimum atomic E-state index is 0.0439. The molecule has 104 valence electrons. The van der Waals surface area contributed by atoms with E-state index in [2.05, 4.69) is 22.9 Å². The van der Waals surface area contributed by atoms with Gasteiger partial charge in [-0.1, -0.05) is 13.0 Å². The van der Waals surface area contributed by atoms with Crippen molar-refractivity contribution in [2.45, 2.75) is 45.3 Å². The Kier molecular flexibility index (Phi) is 3.85. The van der Waals surface area contributed by atoms with Gasteiger partial charge in [0.05, 0.1) is 24.0 Å². The van der Waals surface area contributed by atoms with Gasteiger partial charge >= 0.3 is 0 Å². The van der Waals surface area contributed by atoms with Gasteiger partial charge < -0.3 is 5.11 Å². The summed E-state index contributed by atoms with van der Waals surface area (Å²) >= 11 is 0. The summed E-state index contributed by atoms with van der Waals surface area (Å²) in [4.78, 5) is 7.28. The van der Waals surface area contributed by atoms with Crippen LogP contribution in [0.4, 0.5) is 0 Å². The molecule has 0 amide bonds. The summed E-state index contributed by atoms with van der Waals surface area (Å²) in [5, 5.41) is 9.27. The Morgan fingerprint density at radius 1 is 1.26 bits per heavy atom. The molecule has 1 saturated heterocycles. The molecule has 1 aromatic rings.